The molecule has 0 heterocycles. The van der Waals surface area contributed by atoms with E-state index in [9.17, 15) is 4.39 Å². The quantitative estimate of drug-likeness (QED) is 0.351. The van der Waals surface area contributed by atoms with Gasteiger partial charge >= 0.3 is 0 Å². The van der Waals surface area contributed by atoms with Crippen LogP contribution in [0.2, 0.25) is 5.02 Å². The molecule has 6 heteroatoms. The second-order valence-electron chi connectivity index (χ2n) is 4.13. The lowest BCUT2D eigenvalue weighted by Crippen LogP contribution is -2.16. The molecule has 104 valence electrons. The number of nitrogens with zero attached hydrogens (tertiary/aromatic N) is 1. The van der Waals surface area contributed by atoms with Crippen molar-refractivity contribution in [1.82, 2.24) is 0 Å². The van der Waals surface area contributed by atoms with E-state index in [1.54, 1.807) is 30.3 Å². The molecule has 2 aromatic carbocycles. The first-order valence-electron chi connectivity index (χ1n) is 5.86. The van der Waals surface area contributed by atoms with Crippen molar-refractivity contribution in [3.63, 3.8) is 0 Å². The molecule has 4 N–H and O–H groups in total. The highest BCUT2D eigenvalue weighted by Gasteiger charge is 2.11. The lowest BCUT2D eigenvalue weighted by Gasteiger charge is -2.10. The molecule has 0 saturated heterocycles. The van der Waals surface area contributed by atoms with Crippen molar-refractivity contribution in [2.24, 2.45) is 10.9 Å². The zero-order valence-electron chi connectivity index (χ0n) is 10.5. The molecule has 0 aliphatic carbocycles. The molecule has 0 aromatic heterocycles. The van der Waals surface area contributed by atoms with E-state index in [4.69, 9.17) is 22.5 Å². The molecule has 0 saturated carbocycles. The predicted molar refractivity (Wildman–Crippen MR) is 77.7 cm³/mol. The van der Waals surface area contributed by atoms with Crippen LogP contribution in [0.4, 0.5) is 10.1 Å². The Bertz CT molecular complexity index is 646. The van der Waals surface area contributed by atoms with E-state index < -0.39 is 5.82 Å². The zero-order valence-corrected chi connectivity index (χ0v) is 11.2. The summed E-state index contributed by atoms with van der Waals surface area (Å²) in [6, 6.07) is 11.9. The van der Waals surface area contributed by atoms with Gasteiger partial charge in [-0.15, -0.1) is 0 Å². The fraction of sp³-hybridized carbons (Fsp3) is 0.0714. The van der Waals surface area contributed by atoms with E-state index >= 15 is 0 Å². The maximum Gasteiger partial charge on any atom is 0.173 e. The number of benzene rings is 2. The van der Waals surface area contributed by atoms with Crippen LogP contribution in [-0.4, -0.2) is 11.0 Å². The molecule has 0 aliphatic heterocycles. The van der Waals surface area contributed by atoms with Gasteiger partial charge in [-0.1, -0.05) is 35.0 Å². The molecule has 0 bridgehead atoms. The molecule has 0 unspecified atom stereocenters. The van der Waals surface area contributed by atoms with E-state index in [-0.39, 0.29) is 17.9 Å². The molecular formula is C14H13ClFN3O. The molecule has 0 aliphatic rings. The Morgan fingerprint density at radius 2 is 2.05 bits per heavy atom. The second-order valence-corrected chi connectivity index (χ2v) is 4.56. The summed E-state index contributed by atoms with van der Waals surface area (Å²) in [5, 5.41) is 15.1. The van der Waals surface area contributed by atoms with E-state index in [0.717, 1.165) is 5.69 Å². The fourth-order valence-electron chi connectivity index (χ4n) is 1.76. The normalized spacial score (nSPS) is 11.4. The first-order chi connectivity index (χ1) is 9.61. The Labute approximate surface area is 120 Å². The van der Waals surface area contributed by atoms with Gasteiger partial charge in [0.05, 0.1) is 5.56 Å². The molecule has 2 rings (SSSR count). The molecular weight excluding hydrogens is 281 g/mol. The van der Waals surface area contributed by atoms with Crippen molar-refractivity contribution in [2.75, 3.05) is 5.32 Å². The van der Waals surface area contributed by atoms with Crippen LogP contribution < -0.4 is 11.1 Å². The molecule has 0 atom stereocenters. The SMILES string of the molecule is N/C(=N/O)c1cccc(CNc2cccc(Cl)c2)c1F. The number of anilines is 1. The van der Waals surface area contributed by atoms with Gasteiger partial charge < -0.3 is 16.3 Å². The average molecular weight is 294 g/mol. The Morgan fingerprint density at radius 3 is 2.75 bits per heavy atom. The Balaban J connectivity index is 2.18. The summed E-state index contributed by atoms with van der Waals surface area (Å²) in [5.74, 6) is -0.774. The first kappa shape index (κ1) is 14.1. The number of nitrogens with one attached hydrogen (secondary N) is 1. The van der Waals surface area contributed by atoms with Gasteiger partial charge in [-0.2, -0.15) is 0 Å². The minimum atomic E-state index is -0.516. The van der Waals surface area contributed by atoms with Gasteiger partial charge in [0.25, 0.3) is 0 Å². The second kappa shape index (κ2) is 6.25. The number of rotatable bonds is 4. The topological polar surface area (TPSA) is 70.6 Å². The van der Waals surface area contributed by atoms with Crippen LogP contribution >= 0.6 is 11.6 Å². The van der Waals surface area contributed by atoms with Crippen LogP contribution in [0.1, 0.15) is 11.1 Å². The summed E-state index contributed by atoms with van der Waals surface area (Å²) in [6.07, 6.45) is 0. The maximum atomic E-state index is 14.2. The number of amidine groups is 1. The van der Waals surface area contributed by atoms with Crippen molar-refractivity contribution in [3.8, 4) is 0 Å². The summed E-state index contributed by atoms with van der Waals surface area (Å²) in [5.41, 5.74) is 6.68. The first-order valence-corrected chi connectivity index (χ1v) is 6.24. The third kappa shape index (κ3) is 3.19. The largest absolute Gasteiger partial charge is 0.409 e. The number of halogens is 2. The summed E-state index contributed by atoms with van der Waals surface area (Å²) in [4.78, 5) is 0. The minimum absolute atomic E-state index is 0.0675. The number of hydrogen-bond acceptors (Lipinski definition) is 3. The standard InChI is InChI=1S/C14H13ClFN3O/c15-10-4-2-5-11(7-10)18-8-9-3-1-6-12(13(9)16)14(17)19-20/h1-7,18,20H,8H2,(H2,17,19). The fourth-order valence-corrected chi connectivity index (χ4v) is 1.95. The Kier molecular flexibility index (Phi) is 4.42. The van der Waals surface area contributed by atoms with E-state index in [0.29, 0.717) is 10.6 Å². The van der Waals surface area contributed by atoms with E-state index in [1.807, 2.05) is 6.07 Å². The van der Waals surface area contributed by atoms with Crippen LogP contribution in [0.3, 0.4) is 0 Å². The minimum Gasteiger partial charge on any atom is -0.409 e. The average Bonchev–Trinajstić information content (AvgIpc) is 2.45. The Hall–Kier alpha value is -2.27. The smallest absolute Gasteiger partial charge is 0.173 e. The Morgan fingerprint density at radius 1 is 1.30 bits per heavy atom. The molecule has 20 heavy (non-hydrogen) atoms. The van der Waals surface area contributed by atoms with Crippen molar-refractivity contribution in [1.29, 1.82) is 0 Å². The van der Waals surface area contributed by atoms with Crippen LogP contribution in [0.25, 0.3) is 0 Å². The number of hydrogen-bond donors (Lipinski definition) is 3. The molecule has 4 nitrogen and oxygen atoms in total. The molecule has 0 fully saturated rings. The lowest BCUT2D eigenvalue weighted by molar-refractivity contribution is 0.318. The summed E-state index contributed by atoms with van der Waals surface area (Å²) in [6.45, 7) is 0.263. The highest BCUT2D eigenvalue weighted by atomic mass is 35.5. The maximum absolute atomic E-state index is 14.2. The van der Waals surface area contributed by atoms with Gasteiger partial charge in [0.1, 0.15) is 5.82 Å². The third-order valence-electron chi connectivity index (χ3n) is 2.77. The predicted octanol–water partition coefficient (Wildman–Crippen LogP) is 3.19. The van der Waals surface area contributed by atoms with Crippen molar-refractivity contribution < 1.29 is 9.60 Å². The van der Waals surface area contributed by atoms with Crippen molar-refractivity contribution in [3.05, 3.63) is 64.4 Å². The molecule has 0 amide bonds. The highest BCUT2D eigenvalue weighted by Crippen LogP contribution is 2.18. The van der Waals surface area contributed by atoms with Gasteiger partial charge in [0.2, 0.25) is 0 Å². The third-order valence-corrected chi connectivity index (χ3v) is 3.01. The van der Waals surface area contributed by atoms with E-state index in [1.165, 1.54) is 6.07 Å². The van der Waals surface area contributed by atoms with Crippen LogP contribution in [0, 0.1) is 5.82 Å². The zero-order chi connectivity index (χ0) is 14.5. The summed E-state index contributed by atoms with van der Waals surface area (Å²) in [7, 11) is 0. The van der Waals surface area contributed by atoms with Crippen molar-refractivity contribution in [2.45, 2.75) is 6.54 Å². The molecule has 0 radical (unpaired) electrons. The van der Waals surface area contributed by atoms with Crippen LogP contribution in [0.15, 0.2) is 47.6 Å². The van der Waals surface area contributed by atoms with Gasteiger partial charge in [-0.05, 0) is 24.3 Å². The molecule has 2 aromatic rings. The van der Waals surface area contributed by atoms with Gasteiger partial charge in [0.15, 0.2) is 5.84 Å². The van der Waals surface area contributed by atoms with Crippen molar-refractivity contribution >= 4 is 23.1 Å². The lowest BCUT2D eigenvalue weighted by atomic mass is 10.1. The van der Waals surface area contributed by atoms with Gasteiger partial charge in [-0.3, -0.25) is 0 Å². The van der Waals surface area contributed by atoms with Crippen LogP contribution in [0.5, 0.6) is 0 Å². The monoisotopic (exact) mass is 293 g/mol. The molecule has 0 spiro atoms. The van der Waals surface area contributed by atoms with Gasteiger partial charge in [-0.25, -0.2) is 4.39 Å². The van der Waals surface area contributed by atoms with E-state index in [2.05, 4.69) is 10.5 Å². The summed E-state index contributed by atoms with van der Waals surface area (Å²) >= 11 is 5.87. The highest BCUT2D eigenvalue weighted by molar-refractivity contribution is 6.30. The summed E-state index contributed by atoms with van der Waals surface area (Å²) < 4.78 is 14.2. The number of oxime groups is 1. The van der Waals surface area contributed by atoms with Crippen LogP contribution in [-0.2, 0) is 6.54 Å². The van der Waals surface area contributed by atoms with Gasteiger partial charge in [0, 0.05) is 22.8 Å². The number of nitrogens with two attached hydrogens (primary N) is 1.